The maximum atomic E-state index is 11.7. The number of fused-ring (bicyclic) bond motifs is 1. The number of carbonyl (C=O) groups is 1. The lowest BCUT2D eigenvalue weighted by molar-refractivity contribution is 0.0601. The van der Waals surface area contributed by atoms with Gasteiger partial charge in [0.15, 0.2) is 0 Å². The Morgan fingerprint density at radius 1 is 1.05 bits per heavy atom. The molecule has 0 radical (unpaired) electrons. The Hall–Kier alpha value is -2.12. The molecule has 21 heavy (non-hydrogen) atoms. The average molecular weight is 309 g/mol. The van der Waals surface area contributed by atoms with E-state index in [-0.39, 0.29) is 5.75 Å². The molecule has 0 unspecified atom stereocenters. The first-order valence-corrected chi connectivity index (χ1v) is 7.44. The fraction of sp³-hybridized carbons (Fsp3) is 0.214. The Morgan fingerprint density at radius 2 is 1.67 bits per heavy atom. The number of carbonyl (C=O) groups excluding carboxylic acids is 1. The summed E-state index contributed by atoms with van der Waals surface area (Å²) in [6.45, 7) is 0. The number of benzene rings is 2. The molecule has 0 saturated heterocycles. The van der Waals surface area contributed by atoms with E-state index in [0.29, 0.717) is 5.56 Å². The number of esters is 1. The molecule has 0 aliphatic heterocycles. The van der Waals surface area contributed by atoms with Crippen LogP contribution in [0.1, 0.15) is 10.4 Å². The molecule has 0 aromatic heterocycles. The van der Waals surface area contributed by atoms with Gasteiger partial charge in [0.1, 0.15) is 5.75 Å². The molecule has 0 spiro atoms. The minimum Gasteiger partial charge on any atom is -0.465 e. The van der Waals surface area contributed by atoms with Gasteiger partial charge in [-0.2, -0.15) is 12.7 Å². The van der Waals surface area contributed by atoms with E-state index in [1.54, 1.807) is 30.3 Å². The van der Waals surface area contributed by atoms with Crippen molar-refractivity contribution in [2.24, 2.45) is 0 Å². The second-order valence-corrected chi connectivity index (χ2v) is 6.29. The normalized spacial score (nSPS) is 11.6. The van der Waals surface area contributed by atoms with Crippen LogP contribution in [0.2, 0.25) is 0 Å². The van der Waals surface area contributed by atoms with Crippen molar-refractivity contribution in [1.82, 2.24) is 4.31 Å². The summed E-state index contributed by atoms with van der Waals surface area (Å²) in [5, 5.41) is 1.54. The fourth-order valence-electron chi connectivity index (χ4n) is 1.72. The van der Waals surface area contributed by atoms with Crippen molar-refractivity contribution in [3.63, 3.8) is 0 Å². The first kappa shape index (κ1) is 15.3. The van der Waals surface area contributed by atoms with E-state index in [1.165, 1.54) is 27.3 Å². The van der Waals surface area contributed by atoms with Gasteiger partial charge in [0.25, 0.3) is 0 Å². The second kappa shape index (κ2) is 5.71. The average Bonchev–Trinajstić information content (AvgIpc) is 2.45. The van der Waals surface area contributed by atoms with Gasteiger partial charge in [-0.25, -0.2) is 4.79 Å². The Morgan fingerprint density at radius 3 is 2.29 bits per heavy atom. The standard InChI is InChI=1S/C14H15NO5S/c1-15(2)21(17,18)20-13-7-6-10-8-12(14(16)19-3)5-4-11(10)9-13/h4-9H,1-3H3. The van der Waals surface area contributed by atoms with Crippen LogP contribution in [-0.2, 0) is 15.0 Å². The number of ether oxygens (including phenoxy) is 1. The van der Waals surface area contributed by atoms with Gasteiger partial charge in [0.05, 0.1) is 12.7 Å². The molecule has 2 aromatic rings. The molecule has 0 bridgehead atoms. The number of nitrogens with zero attached hydrogens (tertiary/aromatic N) is 1. The molecular weight excluding hydrogens is 294 g/mol. The van der Waals surface area contributed by atoms with E-state index in [9.17, 15) is 13.2 Å². The van der Waals surface area contributed by atoms with Crippen LogP contribution < -0.4 is 4.18 Å². The molecule has 6 nitrogen and oxygen atoms in total. The van der Waals surface area contributed by atoms with Crippen LogP contribution in [0.4, 0.5) is 0 Å². The molecule has 0 amide bonds. The number of hydrogen-bond donors (Lipinski definition) is 0. The van der Waals surface area contributed by atoms with Gasteiger partial charge >= 0.3 is 16.3 Å². The highest BCUT2D eigenvalue weighted by atomic mass is 32.2. The zero-order chi connectivity index (χ0) is 15.6. The van der Waals surface area contributed by atoms with Crippen LogP contribution in [0.5, 0.6) is 5.75 Å². The summed E-state index contributed by atoms with van der Waals surface area (Å²) in [4.78, 5) is 11.5. The zero-order valence-corrected chi connectivity index (χ0v) is 12.7. The Bertz CT molecular complexity index is 783. The molecular formula is C14H15NO5S. The topological polar surface area (TPSA) is 72.9 Å². The van der Waals surface area contributed by atoms with E-state index in [2.05, 4.69) is 4.74 Å². The van der Waals surface area contributed by atoms with E-state index in [0.717, 1.165) is 15.1 Å². The quantitative estimate of drug-likeness (QED) is 0.805. The summed E-state index contributed by atoms with van der Waals surface area (Å²) in [5.41, 5.74) is 0.430. The molecule has 2 aromatic carbocycles. The van der Waals surface area contributed by atoms with Crippen LogP contribution in [-0.4, -0.2) is 39.9 Å². The van der Waals surface area contributed by atoms with Crippen molar-refractivity contribution in [2.75, 3.05) is 21.2 Å². The van der Waals surface area contributed by atoms with Crippen LogP contribution in [0.3, 0.4) is 0 Å². The highest BCUT2D eigenvalue weighted by Gasteiger charge is 2.16. The predicted molar refractivity (Wildman–Crippen MR) is 78.5 cm³/mol. The van der Waals surface area contributed by atoms with Crippen molar-refractivity contribution in [1.29, 1.82) is 0 Å². The van der Waals surface area contributed by atoms with Gasteiger partial charge in [-0.15, -0.1) is 0 Å². The lowest BCUT2D eigenvalue weighted by Crippen LogP contribution is -2.26. The van der Waals surface area contributed by atoms with Gasteiger partial charge in [0.2, 0.25) is 0 Å². The maximum Gasteiger partial charge on any atom is 0.384 e. The third kappa shape index (κ3) is 3.32. The minimum atomic E-state index is -3.79. The molecule has 0 fully saturated rings. The summed E-state index contributed by atoms with van der Waals surface area (Å²) in [6, 6.07) is 9.80. The summed E-state index contributed by atoms with van der Waals surface area (Å²) in [7, 11) is 0.305. The third-order valence-corrected chi connectivity index (χ3v) is 4.18. The Labute approximate surface area is 123 Å². The van der Waals surface area contributed by atoms with Crippen molar-refractivity contribution in [3.05, 3.63) is 42.0 Å². The molecule has 0 saturated carbocycles. The highest BCUT2D eigenvalue weighted by molar-refractivity contribution is 7.84. The Kier molecular flexibility index (Phi) is 4.15. The summed E-state index contributed by atoms with van der Waals surface area (Å²) < 4.78 is 33.9. The largest absolute Gasteiger partial charge is 0.465 e. The fourth-order valence-corrected chi connectivity index (χ4v) is 2.21. The van der Waals surface area contributed by atoms with Crippen LogP contribution >= 0.6 is 0 Å². The Balaban J connectivity index is 2.38. The van der Waals surface area contributed by atoms with Crippen molar-refractivity contribution >= 4 is 27.0 Å². The van der Waals surface area contributed by atoms with Gasteiger partial charge in [-0.05, 0) is 35.0 Å². The third-order valence-electron chi connectivity index (χ3n) is 2.88. The first-order valence-electron chi connectivity index (χ1n) is 6.07. The molecule has 7 heteroatoms. The van der Waals surface area contributed by atoms with E-state index < -0.39 is 16.3 Å². The lowest BCUT2D eigenvalue weighted by Gasteiger charge is -2.12. The molecule has 0 N–H and O–H groups in total. The first-order chi connectivity index (χ1) is 9.83. The van der Waals surface area contributed by atoms with Crippen molar-refractivity contribution in [3.8, 4) is 5.75 Å². The summed E-state index contributed by atoms with van der Waals surface area (Å²) >= 11 is 0. The molecule has 0 heterocycles. The molecule has 112 valence electrons. The maximum absolute atomic E-state index is 11.7. The van der Waals surface area contributed by atoms with Crippen molar-refractivity contribution in [2.45, 2.75) is 0 Å². The second-order valence-electron chi connectivity index (χ2n) is 4.54. The summed E-state index contributed by atoms with van der Waals surface area (Å²) in [6.07, 6.45) is 0. The van der Waals surface area contributed by atoms with E-state index >= 15 is 0 Å². The van der Waals surface area contributed by atoms with Crippen molar-refractivity contribution < 1.29 is 22.1 Å². The smallest absolute Gasteiger partial charge is 0.384 e. The number of methoxy groups -OCH3 is 1. The molecule has 0 atom stereocenters. The minimum absolute atomic E-state index is 0.210. The van der Waals surface area contributed by atoms with Gasteiger partial charge in [0, 0.05) is 14.1 Å². The molecule has 0 aliphatic rings. The van der Waals surface area contributed by atoms with Crippen LogP contribution in [0.25, 0.3) is 10.8 Å². The predicted octanol–water partition coefficient (Wildman–Crippen LogP) is 1.81. The van der Waals surface area contributed by atoms with E-state index in [1.807, 2.05) is 0 Å². The number of hydrogen-bond acceptors (Lipinski definition) is 5. The lowest BCUT2D eigenvalue weighted by atomic mass is 10.1. The van der Waals surface area contributed by atoms with Gasteiger partial charge in [-0.3, -0.25) is 0 Å². The highest BCUT2D eigenvalue weighted by Crippen LogP contribution is 2.23. The molecule has 0 aliphatic carbocycles. The van der Waals surface area contributed by atoms with E-state index in [4.69, 9.17) is 4.18 Å². The monoisotopic (exact) mass is 309 g/mol. The SMILES string of the molecule is COC(=O)c1ccc2cc(OS(=O)(=O)N(C)C)ccc2c1. The van der Waals surface area contributed by atoms with Gasteiger partial charge < -0.3 is 8.92 Å². The zero-order valence-electron chi connectivity index (χ0n) is 11.9. The van der Waals surface area contributed by atoms with Crippen LogP contribution in [0.15, 0.2) is 36.4 Å². The number of rotatable bonds is 4. The van der Waals surface area contributed by atoms with Crippen LogP contribution in [0, 0.1) is 0 Å². The summed E-state index contributed by atoms with van der Waals surface area (Å²) in [5.74, 6) is -0.213. The molecule has 2 rings (SSSR count). The van der Waals surface area contributed by atoms with Gasteiger partial charge in [-0.1, -0.05) is 12.1 Å².